The molecule has 4 rings (SSSR count). The van der Waals surface area contributed by atoms with E-state index in [1.54, 1.807) is 0 Å². The second-order valence-corrected chi connectivity index (χ2v) is 7.85. The van der Waals surface area contributed by atoms with Crippen LogP contribution in [-0.2, 0) is 11.3 Å². The van der Waals surface area contributed by atoms with Crippen LogP contribution in [0.4, 0.5) is 0 Å². The van der Waals surface area contributed by atoms with Crippen LogP contribution in [0.3, 0.4) is 0 Å². The highest BCUT2D eigenvalue weighted by Gasteiger charge is 2.13. The predicted molar refractivity (Wildman–Crippen MR) is 137 cm³/mol. The Labute approximate surface area is 197 Å². The minimum absolute atomic E-state index is 0.526. The Morgan fingerprint density at radius 1 is 0.576 bits per heavy atom. The average molecular weight is 435 g/mol. The molecule has 0 radical (unpaired) electrons. The first-order chi connectivity index (χ1) is 16.3. The molecule has 33 heavy (non-hydrogen) atoms. The van der Waals surface area contributed by atoms with E-state index in [-0.39, 0.29) is 0 Å². The van der Waals surface area contributed by atoms with Gasteiger partial charge < -0.3 is 9.47 Å². The van der Waals surface area contributed by atoms with Gasteiger partial charge in [-0.1, -0.05) is 110 Å². The first kappa shape index (κ1) is 22.6. The topological polar surface area (TPSA) is 18.5 Å². The van der Waals surface area contributed by atoms with Gasteiger partial charge in [0.1, 0.15) is 12.4 Å². The third kappa shape index (κ3) is 6.21. The van der Waals surface area contributed by atoms with E-state index in [1.165, 1.54) is 33.4 Å². The van der Waals surface area contributed by atoms with Gasteiger partial charge in [-0.15, -0.1) is 0 Å². The molecule has 0 atom stereocenters. The Bertz CT molecular complexity index is 1130. The van der Waals surface area contributed by atoms with Crippen LogP contribution in [0, 0.1) is 0 Å². The molecule has 0 fully saturated rings. The van der Waals surface area contributed by atoms with E-state index in [9.17, 15) is 0 Å². The molecule has 0 aliphatic rings. The molecule has 166 valence electrons. The van der Waals surface area contributed by atoms with Gasteiger partial charge in [0.15, 0.2) is 0 Å². The van der Waals surface area contributed by atoms with Crippen molar-refractivity contribution in [2.45, 2.75) is 20.0 Å². The summed E-state index contributed by atoms with van der Waals surface area (Å²) >= 11 is 0. The molecule has 0 saturated heterocycles. The fourth-order valence-electron chi connectivity index (χ4n) is 3.99. The molecular formula is C31H30O2. The molecule has 0 N–H and O–H groups in total. The van der Waals surface area contributed by atoms with Crippen molar-refractivity contribution in [2.24, 2.45) is 0 Å². The van der Waals surface area contributed by atoms with Crippen molar-refractivity contribution in [3.63, 3.8) is 0 Å². The van der Waals surface area contributed by atoms with Crippen molar-refractivity contribution in [3.8, 4) is 5.75 Å². The number of hydrogen-bond acceptors (Lipinski definition) is 2. The van der Waals surface area contributed by atoms with E-state index in [0.717, 1.165) is 12.2 Å². The third-order valence-corrected chi connectivity index (χ3v) is 5.59. The Hall–Kier alpha value is -3.62. The fraction of sp³-hybridized carbons (Fsp3) is 0.161. The van der Waals surface area contributed by atoms with E-state index in [1.807, 2.05) is 30.3 Å². The van der Waals surface area contributed by atoms with Crippen molar-refractivity contribution < 1.29 is 9.47 Å². The molecule has 2 nitrogen and oxygen atoms in total. The van der Waals surface area contributed by atoms with Gasteiger partial charge in [-0.05, 0) is 52.0 Å². The average Bonchev–Trinajstić information content (AvgIpc) is 2.89. The highest BCUT2D eigenvalue weighted by Crippen LogP contribution is 2.34. The van der Waals surface area contributed by atoms with Gasteiger partial charge in [0.05, 0.1) is 13.2 Å². The standard InChI is InChI=1S/C31H30O2/c1-2-30(26-14-8-4-9-15-26)31(27-16-10-5-11-17-27)28-18-20-29(21-19-28)33-23-22-32-24-25-12-6-3-7-13-25/h3-21H,2,22-24H2,1H3. The molecule has 0 aliphatic carbocycles. The zero-order chi connectivity index (χ0) is 22.7. The number of rotatable bonds is 10. The van der Waals surface area contributed by atoms with Crippen LogP contribution in [-0.4, -0.2) is 13.2 Å². The van der Waals surface area contributed by atoms with Crippen LogP contribution in [0.1, 0.15) is 35.6 Å². The summed E-state index contributed by atoms with van der Waals surface area (Å²) < 4.78 is 11.6. The van der Waals surface area contributed by atoms with Gasteiger partial charge in [-0.2, -0.15) is 0 Å². The van der Waals surface area contributed by atoms with Crippen molar-refractivity contribution in [2.75, 3.05) is 13.2 Å². The molecule has 0 saturated carbocycles. The van der Waals surface area contributed by atoms with Crippen molar-refractivity contribution >= 4 is 11.1 Å². The molecule has 0 bridgehead atoms. The van der Waals surface area contributed by atoms with Crippen LogP contribution >= 0.6 is 0 Å². The summed E-state index contributed by atoms with van der Waals surface area (Å²) in [5, 5.41) is 0. The molecule has 0 heterocycles. The second-order valence-electron chi connectivity index (χ2n) is 7.85. The first-order valence-corrected chi connectivity index (χ1v) is 11.5. The summed E-state index contributed by atoms with van der Waals surface area (Å²) in [4.78, 5) is 0. The van der Waals surface area contributed by atoms with Gasteiger partial charge >= 0.3 is 0 Å². The lowest BCUT2D eigenvalue weighted by molar-refractivity contribution is 0.0889. The van der Waals surface area contributed by atoms with E-state index in [0.29, 0.717) is 19.8 Å². The quantitative estimate of drug-likeness (QED) is 0.188. The Kier molecular flexibility index (Phi) is 8.10. The fourth-order valence-corrected chi connectivity index (χ4v) is 3.99. The number of hydrogen-bond donors (Lipinski definition) is 0. The summed E-state index contributed by atoms with van der Waals surface area (Å²) in [6.07, 6.45) is 0.950. The number of benzene rings is 4. The highest BCUT2D eigenvalue weighted by atomic mass is 16.5. The maximum absolute atomic E-state index is 5.91. The molecule has 2 heteroatoms. The first-order valence-electron chi connectivity index (χ1n) is 11.5. The van der Waals surface area contributed by atoms with Gasteiger partial charge in [0.25, 0.3) is 0 Å². The molecule has 0 aromatic heterocycles. The van der Waals surface area contributed by atoms with Crippen LogP contribution in [0.2, 0.25) is 0 Å². The van der Waals surface area contributed by atoms with Crippen molar-refractivity contribution in [1.82, 2.24) is 0 Å². The van der Waals surface area contributed by atoms with E-state index < -0.39 is 0 Å². The minimum atomic E-state index is 0.526. The lowest BCUT2D eigenvalue weighted by atomic mass is 9.88. The summed E-state index contributed by atoms with van der Waals surface area (Å²) in [6.45, 7) is 3.91. The molecule has 0 amide bonds. The maximum atomic E-state index is 5.91. The Morgan fingerprint density at radius 3 is 1.73 bits per heavy atom. The Morgan fingerprint density at radius 2 is 1.12 bits per heavy atom. The lowest BCUT2D eigenvalue weighted by Gasteiger charge is -2.17. The van der Waals surface area contributed by atoms with E-state index in [4.69, 9.17) is 9.47 Å². The highest BCUT2D eigenvalue weighted by molar-refractivity contribution is 5.98. The van der Waals surface area contributed by atoms with Crippen LogP contribution in [0.25, 0.3) is 11.1 Å². The van der Waals surface area contributed by atoms with Gasteiger partial charge in [-0.25, -0.2) is 0 Å². The SMILES string of the molecule is CCC(=C(c1ccccc1)c1ccc(OCCOCc2ccccc2)cc1)c1ccccc1. The third-order valence-electron chi connectivity index (χ3n) is 5.59. The number of allylic oxidation sites excluding steroid dienone is 1. The van der Waals surface area contributed by atoms with Gasteiger partial charge in [-0.3, -0.25) is 0 Å². The van der Waals surface area contributed by atoms with E-state index in [2.05, 4.69) is 91.9 Å². The molecular weight excluding hydrogens is 404 g/mol. The monoisotopic (exact) mass is 434 g/mol. The predicted octanol–water partition coefficient (Wildman–Crippen LogP) is 7.65. The number of ether oxygens (including phenoxy) is 2. The summed E-state index contributed by atoms with van der Waals surface area (Å²) in [5.41, 5.74) is 7.45. The summed E-state index contributed by atoms with van der Waals surface area (Å²) in [6, 6.07) is 39.9. The smallest absolute Gasteiger partial charge is 0.119 e. The van der Waals surface area contributed by atoms with Gasteiger partial charge in [0, 0.05) is 0 Å². The molecule has 0 spiro atoms. The second kappa shape index (κ2) is 11.8. The largest absolute Gasteiger partial charge is 0.491 e. The lowest BCUT2D eigenvalue weighted by Crippen LogP contribution is -2.06. The normalized spacial score (nSPS) is 11.7. The van der Waals surface area contributed by atoms with Gasteiger partial charge in [0.2, 0.25) is 0 Å². The molecule has 4 aromatic rings. The van der Waals surface area contributed by atoms with Crippen molar-refractivity contribution in [3.05, 3.63) is 138 Å². The Balaban J connectivity index is 1.48. The van der Waals surface area contributed by atoms with Crippen LogP contribution in [0.15, 0.2) is 115 Å². The molecule has 0 aliphatic heterocycles. The van der Waals surface area contributed by atoms with Crippen molar-refractivity contribution in [1.29, 1.82) is 0 Å². The van der Waals surface area contributed by atoms with Crippen LogP contribution < -0.4 is 4.74 Å². The summed E-state index contributed by atoms with van der Waals surface area (Å²) in [7, 11) is 0. The summed E-state index contributed by atoms with van der Waals surface area (Å²) in [5.74, 6) is 0.854. The van der Waals surface area contributed by atoms with Crippen LogP contribution in [0.5, 0.6) is 5.75 Å². The molecule has 4 aromatic carbocycles. The zero-order valence-corrected chi connectivity index (χ0v) is 19.1. The zero-order valence-electron chi connectivity index (χ0n) is 19.1. The van der Waals surface area contributed by atoms with E-state index >= 15 is 0 Å². The molecule has 0 unspecified atom stereocenters. The minimum Gasteiger partial charge on any atom is -0.491 e. The maximum Gasteiger partial charge on any atom is 0.119 e.